The van der Waals surface area contributed by atoms with Crippen LogP contribution in [-0.2, 0) is 6.54 Å². The van der Waals surface area contributed by atoms with Crippen LogP contribution in [-0.4, -0.2) is 25.5 Å². The van der Waals surface area contributed by atoms with E-state index in [1.165, 1.54) is 0 Å². The largest absolute Gasteiger partial charge is 0.508 e. The number of aromatic hydroxyl groups is 2. The first-order valence-electron chi connectivity index (χ1n) is 8.74. The second-order valence-electron chi connectivity index (χ2n) is 6.57. The molecule has 4 N–H and O–H groups in total. The molecule has 142 valence electrons. The Hall–Kier alpha value is -3.81. The summed E-state index contributed by atoms with van der Waals surface area (Å²) in [6, 6.07) is 15.6. The highest BCUT2D eigenvalue weighted by Crippen LogP contribution is 2.27. The Morgan fingerprint density at radius 2 is 1.75 bits per heavy atom. The number of aromatic nitrogens is 2. The quantitative estimate of drug-likeness (QED) is 0.548. The maximum Gasteiger partial charge on any atom is 0.331 e. The van der Waals surface area contributed by atoms with Crippen LogP contribution < -0.4 is 16.7 Å². The number of hydrogen-bond acceptors (Lipinski definition) is 6. The lowest BCUT2D eigenvalue weighted by Crippen LogP contribution is -2.34. The van der Waals surface area contributed by atoms with Crippen LogP contribution in [0, 0.1) is 0 Å². The number of aromatic amines is 1. The molecular formula is C20H18N4O4. The Morgan fingerprint density at radius 3 is 2.46 bits per heavy atom. The normalized spacial score (nSPS) is 15.9. The summed E-state index contributed by atoms with van der Waals surface area (Å²) in [5.41, 5.74) is 3.60. The van der Waals surface area contributed by atoms with Crippen LogP contribution in [0.15, 0.2) is 69.3 Å². The summed E-state index contributed by atoms with van der Waals surface area (Å²) < 4.78 is 1.11. The minimum absolute atomic E-state index is 0.0238. The second kappa shape index (κ2) is 7.07. The van der Waals surface area contributed by atoms with E-state index in [1.54, 1.807) is 24.3 Å². The lowest BCUT2D eigenvalue weighted by Gasteiger charge is -2.12. The molecule has 0 aliphatic carbocycles. The monoisotopic (exact) mass is 378 g/mol. The standard InChI is InChI=1S/C20H18N4O4/c25-14-8-6-13(7-9-14)15-10-16(23-22-15)17-18(26)21-20(28)24(19(17)27)11-12-4-2-1-3-5-12/h1-9,15,22,25,27H,10-11H2,(H,21,26,28)/t15-/m0/s1. The molecule has 1 atom stereocenters. The van der Waals surface area contributed by atoms with Gasteiger partial charge in [0, 0.05) is 6.42 Å². The van der Waals surface area contributed by atoms with Crippen molar-refractivity contribution >= 4 is 5.71 Å². The summed E-state index contributed by atoms with van der Waals surface area (Å²) in [5.74, 6) is -0.255. The molecule has 0 saturated carbocycles. The first-order valence-corrected chi connectivity index (χ1v) is 8.74. The molecule has 0 fully saturated rings. The van der Waals surface area contributed by atoms with Crippen LogP contribution in [0.1, 0.15) is 29.2 Å². The Morgan fingerprint density at radius 1 is 1.04 bits per heavy atom. The highest BCUT2D eigenvalue weighted by atomic mass is 16.3. The predicted octanol–water partition coefficient (Wildman–Crippen LogP) is 1.43. The van der Waals surface area contributed by atoms with Gasteiger partial charge < -0.3 is 15.6 Å². The molecule has 0 bridgehead atoms. The van der Waals surface area contributed by atoms with Crippen molar-refractivity contribution in [3.8, 4) is 11.6 Å². The van der Waals surface area contributed by atoms with Crippen molar-refractivity contribution in [3.05, 3.63) is 92.1 Å². The number of nitrogens with zero attached hydrogens (tertiary/aromatic N) is 2. The van der Waals surface area contributed by atoms with Gasteiger partial charge in [-0.05, 0) is 23.3 Å². The molecule has 1 aliphatic heterocycles. The number of H-pyrrole nitrogens is 1. The lowest BCUT2D eigenvalue weighted by atomic mass is 10.00. The van der Waals surface area contributed by atoms with E-state index in [1.807, 2.05) is 30.3 Å². The molecule has 1 aromatic heterocycles. The zero-order valence-electron chi connectivity index (χ0n) is 14.8. The molecule has 2 heterocycles. The van der Waals surface area contributed by atoms with Gasteiger partial charge in [-0.25, -0.2) is 4.79 Å². The van der Waals surface area contributed by atoms with Gasteiger partial charge >= 0.3 is 5.69 Å². The summed E-state index contributed by atoms with van der Waals surface area (Å²) in [4.78, 5) is 26.8. The lowest BCUT2D eigenvalue weighted by molar-refractivity contribution is 0.408. The molecule has 1 aliphatic rings. The van der Waals surface area contributed by atoms with Crippen LogP contribution in [0.2, 0.25) is 0 Å². The fraction of sp³-hybridized carbons (Fsp3) is 0.150. The molecule has 3 aromatic rings. The molecule has 0 unspecified atom stereocenters. The van der Waals surface area contributed by atoms with Gasteiger partial charge in [-0.3, -0.25) is 14.3 Å². The van der Waals surface area contributed by atoms with Crippen molar-refractivity contribution in [3.63, 3.8) is 0 Å². The first-order chi connectivity index (χ1) is 13.5. The Kier molecular flexibility index (Phi) is 4.44. The van der Waals surface area contributed by atoms with E-state index in [0.29, 0.717) is 12.1 Å². The van der Waals surface area contributed by atoms with Crippen LogP contribution in [0.5, 0.6) is 11.6 Å². The zero-order chi connectivity index (χ0) is 19.7. The molecule has 8 nitrogen and oxygen atoms in total. The summed E-state index contributed by atoms with van der Waals surface area (Å²) in [7, 11) is 0. The number of phenols is 1. The molecule has 4 rings (SSSR count). The average molecular weight is 378 g/mol. The van der Waals surface area contributed by atoms with E-state index in [-0.39, 0.29) is 23.9 Å². The van der Waals surface area contributed by atoms with Gasteiger partial charge in [0.15, 0.2) is 0 Å². The third kappa shape index (κ3) is 3.27. The van der Waals surface area contributed by atoms with Gasteiger partial charge in [0.05, 0.1) is 18.3 Å². The van der Waals surface area contributed by atoms with Gasteiger partial charge in [-0.15, -0.1) is 0 Å². The second-order valence-corrected chi connectivity index (χ2v) is 6.57. The van der Waals surface area contributed by atoms with Crippen molar-refractivity contribution in [2.24, 2.45) is 5.10 Å². The van der Waals surface area contributed by atoms with E-state index < -0.39 is 17.1 Å². The van der Waals surface area contributed by atoms with E-state index >= 15 is 0 Å². The van der Waals surface area contributed by atoms with Crippen LogP contribution >= 0.6 is 0 Å². The summed E-state index contributed by atoms with van der Waals surface area (Å²) >= 11 is 0. The maximum absolute atomic E-state index is 12.4. The molecule has 2 aromatic carbocycles. The summed E-state index contributed by atoms with van der Waals surface area (Å²) in [6.45, 7) is 0.122. The molecule has 8 heteroatoms. The fourth-order valence-electron chi connectivity index (χ4n) is 3.23. The van der Waals surface area contributed by atoms with Gasteiger partial charge in [0.2, 0.25) is 5.88 Å². The van der Waals surface area contributed by atoms with E-state index in [2.05, 4.69) is 15.5 Å². The Bertz CT molecular complexity index is 1150. The number of nitrogens with one attached hydrogen (secondary N) is 2. The van der Waals surface area contributed by atoms with E-state index in [0.717, 1.165) is 15.7 Å². The minimum atomic E-state index is -0.684. The Labute approximate surface area is 159 Å². The van der Waals surface area contributed by atoms with Crippen LogP contribution in [0.3, 0.4) is 0 Å². The molecule has 0 saturated heterocycles. The maximum atomic E-state index is 12.4. The molecule has 0 amide bonds. The third-order valence-corrected chi connectivity index (χ3v) is 4.69. The number of benzene rings is 2. The number of hydrogen-bond donors (Lipinski definition) is 4. The van der Waals surface area contributed by atoms with Gasteiger partial charge in [0.1, 0.15) is 11.3 Å². The van der Waals surface area contributed by atoms with E-state index in [9.17, 15) is 19.8 Å². The van der Waals surface area contributed by atoms with Crippen molar-refractivity contribution < 1.29 is 10.2 Å². The van der Waals surface area contributed by atoms with Crippen LogP contribution in [0.4, 0.5) is 0 Å². The molecule has 0 spiro atoms. The summed E-state index contributed by atoms with van der Waals surface area (Å²) in [6.07, 6.45) is 0.352. The molecular weight excluding hydrogens is 360 g/mol. The minimum Gasteiger partial charge on any atom is -0.508 e. The first kappa shape index (κ1) is 17.6. The summed E-state index contributed by atoms with van der Waals surface area (Å²) in [5, 5.41) is 24.3. The predicted molar refractivity (Wildman–Crippen MR) is 104 cm³/mol. The Balaban J connectivity index is 1.66. The topological polar surface area (TPSA) is 120 Å². The SMILES string of the molecule is O=c1[nH]c(=O)n(Cc2ccccc2)c(O)c1C1=NN[C@H](c2ccc(O)cc2)C1. The average Bonchev–Trinajstić information content (AvgIpc) is 3.16. The molecule has 28 heavy (non-hydrogen) atoms. The van der Waals surface area contributed by atoms with Crippen molar-refractivity contribution in [2.45, 2.75) is 19.0 Å². The highest BCUT2D eigenvalue weighted by Gasteiger charge is 2.27. The van der Waals surface area contributed by atoms with Crippen LogP contribution in [0.25, 0.3) is 0 Å². The zero-order valence-corrected chi connectivity index (χ0v) is 14.8. The number of rotatable bonds is 4. The highest BCUT2D eigenvalue weighted by molar-refractivity contribution is 6.03. The van der Waals surface area contributed by atoms with Crippen molar-refractivity contribution in [1.82, 2.24) is 15.0 Å². The third-order valence-electron chi connectivity index (χ3n) is 4.69. The van der Waals surface area contributed by atoms with Crippen molar-refractivity contribution in [1.29, 1.82) is 0 Å². The number of phenolic OH excluding ortho intramolecular Hbond substituents is 1. The van der Waals surface area contributed by atoms with E-state index in [4.69, 9.17) is 0 Å². The van der Waals surface area contributed by atoms with Gasteiger partial charge in [-0.2, -0.15) is 5.10 Å². The fourth-order valence-corrected chi connectivity index (χ4v) is 3.23. The van der Waals surface area contributed by atoms with Gasteiger partial charge in [0.25, 0.3) is 5.56 Å². The smallest absolute Gasteiger partial charge is 0.331 e. The molecule has 0 radical (unpaired) electrons. The van der Waals surface area contributed by atoms with Gasteiger partial charge in [-0.1, -0.05) is 42.5 Å². The number of hydrazone groups is 1. The van der Waals surface area contributed by atoms with Crippen molar-refractivity contribution in [2.75, 3.05) is 0 Å².